The van der Waals surface area contributed by atoms with Crippen molar-refractivity contribution < 1.29 is 0 Å². The topological polar surface area (TPSA) is 43.0 Å². The van der Waals surface area contributed by atoms with Gasteiger partial charge in [0, 0.05) is 23.5 Å². The van der Waals surface area contributed by atoms with Crippen molar-refractivity contribution in [3.63, 3.8) is 0 Å². The average Bonchev–Trinajstić information content (AvgIpc) is 2.51. The molecule has 0 amide bonds. The third kappa shape index (κ3) is 0.617. The maximum Gasteiger partial charge on any atom is 0.277 e. The van der Waals surface area contributed by atoms with E-state index in [9.17, 15) is 9.59 Å². The van der Waals surface area contributed by atoms with Crippen molar-refractivity contribution in [2.75, 3.05) is 0 Å². The lowest BCUT2D eigenvalue weighted by Crippen LogP contribution is -2.21. The SMILES string of the molecule is Cc1c(C)n2ccc(=O)n2c1=O. The summed E-state index contributed by atoms with van der Waals surface area (Å²) in [7, 11) is 0. The Morgan fingerprint density at radius 3 is 2.50 bits per heavy atom. The lowest BCUT2D eigenvalue weighted by Gasteiger charge is -1.87. The molecule has 4 nitrogen and oxygen atoms in total. The summed E-state index contributed by atoms with van der Waals surface area (Å²) in [6, 6.07) is 1.38. The summed E-state index contributed by atoms with van der Waals surface area (Å²) >= 11 is 0. The molecule has 0 aliphatic carbocycles. The molecule has 0 saturated carbocycles. The van der Waals surface area contributed by atoms with Crippen LogP contribution >= 0.6 is 0 Å². The van der Waals surface area contributed by atoms with Crippen LogP contribution < -0.4 is 11.1 Å². The maximum absolute atomic E-state index is 11.4. The summed E-state index contributed by atoms with van der Waals surface area (Å²) in [4.78, 5) is 22.5. The van der Waals surface area contributed by atoms with Crippen molar-refractivity contribution in [1.82, 2.24) is 9.03 Å². The van der Waals surface area contributed by atoms with Gasteiger partial charge in [0.05, 0.1) is 0 Å². The zero-order chi connectivity index (χ0) is 8.88. The van der Waals surface area contributed by atoms with Gasteiger partial charge in [0.2, 0.25) is 0 Å². The van der Waals surface area contributed by atoms with E-state index in [1.165, 1.54) is 6.07 Å². The van der Waals surface area contributed by atoms with Crippen LogP contribution in [0.15, 0.2) is 21.9 Å². The second-order valence-corrected chi connectivity index (χ2v) is 2.83. The molecule has 0 spiro atoms. The number of rotatable bonds is 0. The fourth-order valence-corrected chi connectivity index (χ4v) is 1.32. The fraction of sp³-hybridized carbons (Fsp3) is 0.250. The van der Waals surface area contributed by atoms with Crippen molar-refractivity contribution >= 4 is 0 Å². The van der Waals surface area contributed by atoms with Crippen LogP contribution in [0.1, 0.15) is 11.3 Å². The summed E-state index contributed by atoms with van der Waals surface area (Å²) in [5, 5.41) is 0. The third-order valence-electron chi connectivity index (χ3n) is 2.18. The van der Waals surface area contributed by atoms with Gasteiger partial charge in [0.1, 0.15) is 0 Å². The van der Waals surface area contributed by atoms with Crippen LogP contribution in [-0.2, 0) is 0 Å². The fourth-order valence-electron chi connectivity index (χ4n) is 1.32. The molecule has 2 rings (SSSR count). The van der Waals surface area contributed by atoms with E-state index in [1.807, 2.05) is 6.92 Å². The molecule has 2 aromatic rings. The Hall–Kier alpha value is -1.58. The summed E-state index contributed by atoms with van der Waals surface area (Å²) in [5.74, 6) is 0. The zero-order valence-corrected chi connectivity index (χ0v) is 6.87. The Kier molecular flexibility index (Phi) is 1.16. The van der Waals surface area contributed by atoms with Crippen LogP contribution in [-0.4, -0.2) is 9.03 Å². The van der Waals surface area contributed by atoms with Crippen LogP contribution in [0.3, 0.4) is 0 Å². The van der Waals surface area contributed by atoms with Crippen LogP contribution in [0, 0.1) is 13.8 Å². The van der Waals surface area contributed by atoms with Crippen LogP contribution in [0.2, 0.25) is 0 Å². The minimum atomic E-state index is -0.267. The van der Waals surface area contributed by atoms with Gasteiger partial charge in [-0.2, -0.15) is 4.52 Å². The first-order chi connectivity index (χ1) is 5.63. The smallest absolute Gasteiger partial charge is 0.267 e. The molecule has 0 atom stereocenters. The Morgan fingerprint density at radius 2 is 1.92 bits per heavy atom. The predicted octanol–water partition coefficient (Wildman–Crippen LogP) is -0.186. The average molecular weight is 164 g/mol. The first-order valence-corrected chi connectivity index (χ1v) is 3.66. The molecular formula is C8H8N2O2. The Balaban J connectivity index is 3.23. The Bertz CT molecular complexity index is 535. The Labute approximate surface area is 68.0 Å². The van der Waals surface area contributed by atoms with Gasteiger partial charge in [-0.15, -0.1) is 0 Å². The van der Waals surface area contributed by atoms with E-state index >= 15 is 0 Å². The van der Waals surface area contributed by atoms with Gasteiger partial charge in [-0.05, 0) is 13.8 Å². The van der Waals surface area contributed by atoms with Crippen molar-refractivity contribution in [2.45, 2.75) is 13.8 Å². The first-order valence-electron chi connectivity index (χ1n) is 3.66. The molecule has 0 N–H and O–H groups in total. The van der Waals surface area contributed by atoms with Crippen molar-refractivity contribution in [3.05, 3.63) is 44.2 Å². The number of aryl methyl sites for hydroxylation is 1. The molecular weight excluding hydrogens is 156 g/mol. The second kappa shape index (κ2) is 1.97. The molecule has 62 valence electrons. The van der Waals surface area contributed by atoms with Gasteiger partial charge in [-0.25, -0.2) is 0 Å². The molecule has 0 aromatic carbocycles. The predicted molar refractivity (Wildman–Crippen MR) is 44.0 cm³/mol. The van der Waals surface area contributed by atoms with Crippen LogP contribution in [0.25, 0.3) is 0 Å². The molecule has 0 bridgehead atoms. The first kappa shape index (κ1) is 7.09. The number of hydrogen-bond donors (Lipinski definition) is 0. The molecule has 2 heterocycles. The monoisotopic (exact) mass is 164 g/mol. The highest BCUT2D eigenvalue weighted by Crippen LogP contribution is 1.98. The largest absolute Gasteiger partial charge is 0.277 e. The standard InChI is InChI=1S/C8H8N2O2/c1-5-6(2)9-4-3-7(11)10(9)8(5)12/h3-4H,1-2H3. The van der Waals surface area contributed by atoms with E-state index in [-0.39, 0.29) is 11.1 Å². The van der Waals surface area contributed by atoms with Crippen LogP contribution in [0.4, 0.5) is 0 Å². The normalized spacial score (nSPS) is 11.2. The van der Waals surface area contributed by atoms with Gasteiger partial charge < -0.3 is 0 Å². The number of hydrogen-bond acceptors (Lipinski definition) is 2. The number of fused-ring (bicyclic) bond motifs is 1. The minimum Gasteiger partial charge on any atom is -0.267 e. The van der Waals surface area contributed by atoms with Gasteiger partial charge in [-0.3, -0.25) is 14.1 Å². The van der Waals surface area contributed by atoms with Gasteiger partial charge in [0.15, 0.2) is 0 Å². The molecule has 0 fully saturated rings. The molecule has 0 aliphatic rings. The molecule has 0 aliphatic heterocycles. The Morgan fingerprint density at radius 1 is 1.25 bits per heavy atom. The minimum absolute atomic E-state index is 0.220. The van der Waals surface area contributed by atoms with E-state index in [2.05, 4.69) is 0 Å². The van der Waals surface area contributed by atoms with E-state index < -0.39 is 0 Å². The maximum atomic E-state index is 11.4. The highest BCUT2D eigenvalue weighted by molar-refractivity contribution is 5.17. The number of aromatic nitrogens is 2. The van der Waals surface area contributed by atoms with Crippen molar-refractivity contribution in [2.24, 2.45) is 0 Å². The highest BCUT2D eigenvalue weighted by atomic mass is 16.2. The molecule has 0 radical (unpaired) electrons. The van der Waals surface area contributed by atoms with Gasteiger partial charge in [0.25, 0.3) is 11.1 Å². The molecule has 0 unspecified atom stereocenters. The van der Waals surface area contributed by atoms with Crippen molar-refractivity contribution in [3.8, 4) is 0 Å². The third-order valence-corrected chi connectivity index (χ3v) is 2.18. The van der Waals surface area contributed by atoms with Gasteiger partial charge in [-0.1, -0.05) is 0 Å². The number of nitrogens with zero attached hydrogens (tertiary/aromatic N) is 2. The molecule has 12 heavy (non-hydrogen) atoms. The van der Waals surface area contributed by atoms with E-state index in [4.69, 9.17) is 0 Å². The van der Waals surface area contributed by atoms with Gasteiger partial charge >= 0.3 is 0 Å². The zero-order valence-electron chi connectivity index (χ0n) is 6.87. The highest BCUT2D eigenvalue weighted by Gasteiger charge is 2.09. The summed E-state index contributed by atoms with van der Waals surface area (Å²) in [6.07, 6.45) is 1.60. The van der Waals surface area contributed by atoms with E-state index in [0.717, 1.165) is 10.2 Å². The molecule has 0 saturated heterocycles. The summed E-state index contributed by atoms with van der Waals surface area (Å²) < 4.78 is 2.70. The lowest BCUT2D eigenvalue weighted by molar-refractivity contribution is 0.786. The van der Waals surface area contributed by atoms with E-state index in [1.54, 1.807) is 17.6 Å². The molecule has 2 aromatic heterocycles. The summed E-state index contributed by atoms with van der Waals surface area (Å²) in [5.41, 5.74) is 0.966. The summed E-state index contributed by atoms with van der Waals surface area (Å²) in [6.45, 7) is 3.54. The van der Waals surface area contributed by atoms with Crippen molar-refractivity contribution in [1.29, 1.82) is 0 Å². The quantitative estimate of drug-likeness (QED) is 0.541. The van der Waals surface area contributed by atoms with E-state index in [0.29, 0.717) is 5.56 Å². The lowest BCUT2D eigenvalue weighted by atomic mass is 10.3. The second-order valence-electron chi connectivity index (χ2n) is 2.83. The van der Waals surface area contributed by atoms with Crippen LogP contribution in [0.5, 0.6) is 0 Å². The molecule has 4 heteroatoms.